The fourth-order valence-electron chi connectivity index (χ4n) is 1.68. The Morgan fingerprint density at radius 1 is 1.53 bits per heavy atom. The van der Waals surface area contributed by atoms with Gasteiger partial charge in [-0.2, -0.15) is 0 Å². The summed E-state index contributed by atoms with van der Waals surface area (Å²) in [5.74, 6) is 2.01. The van der Waals surface area contributed by atoms with Crippen molar-refractivity contribution in [3.8, 4) is 5.75 Å². The Hall–Kier alpha value is -0.380. The second-order valence-corrected chi connectivity index (χ2v) is 5.47. The number of hydrogen-bond donors (Lipinski definition) is 0. The van der Waals surface area contributed by atoms with Crippen LogP contribution in [0.5, 0.6) is 5.75 Å². The van der Waals surface area contributed by atoms with E-state index < -0.39 is 0 Å². The van der Waals surface area contributed by atoms with Crippen LogP contribution in [0.15, 0.2) is 23.1 Å². The summed E-state index contributed by atoms with van der Waals surface area (Å²) in [5, 5.41) is 0. The quantitative estimate of drug-likeness (QED) is 0.598. The molecule has 0 amide bonds. The Morgan fingerprint density at radius 3 is 3.24 bits per heavy atom. The van der Waals surface area contributed by atoms with E-state index in [1.54, 1.807) is 0 Å². The van der Waals surface area contributed by atoms with Crippen LogP contribution in [0.2, 0.25) is 0 Å². The third-order valence-electron chi connectivity index (χ3n) is 2.66. The Morgan fingerprint density at radius 2 is 2.41 bits per heavy atom. The van der Waals surface area contributed by atoms with Crippen molar-refractivity contribution in [3.05, 3.63) is 23.8 Å². The van der Waals surface area contributed by atoms with E-state index >= 15 is 0 Å². The van der Waals surface area contributed by atoms with E-state index in [1.165, 1.54) is 17.6 Å². The number of benzene rings is 1. The highest BCUT2D eigenvalue weighted by atomic mass is 35.5. The van der Waals surface area contributed by atoms with Gasteiger partial charge in [0.05, 0.1) is 18.1 Å². The van der Waals surface area contributed by atoms with Crippen LogP contribution in [0.25, 0.3) is 0 Å². The van der Waals surface area contributed by atoms with Gasteiger partial charge in [-0.25, -0.2) is 0 Å². The van der Waals surface area contributed by atoms with Gasteiger partial charge >= 0.3 is 0 Å². The van der Waals surface area contributed by atoms with Crippen LogP contribution >= 0.6 is 23.6 Å². The van der Waals surface area contributed by atoms with Crippen molar-refractivity contribution in [2.45, 2.75) is 24.7 Å². The zero-order valence-electron chi connectivity index (χ0n) is 9.95. The first-order valence-electron chi connectivity index (χ1n) is 5.91. The second kappa shape index (κ2) is 6.53. The van der Waals surface area contributed by atoms with Gasteiger partial charge in [-0.05, 0) is 30.4 Å². The van der Waals surface area contributed by atoms with Crippen molar-refractivity contribution >= 4 is 23.6 Å². The van der Waals surface area contributed by atoms with E-state index in [-0.39, 0.29) is 0 Å². The molecule has 4 heteroatoms. The molecule has 1 aliphatic rings. The van der Waals surface area contributed by atoms with Crippen LogP contribution in [0.3, 0.4) is 0 Å². The molecule has 94 valence electrons. The lowest BCUT2D eigenvalue weighted by atomic mass is 10.1. The van der Waals surface area contributed by atoms with Crippen molar-refractivity contribution in [1.29, 1.82) is 0 Å². The predicted molar refractivity (Wildman–Crippen MR) is 72.0 cm³/mol. The maximum atomic E-state index is 5.74. The standard InChI is InChI=1S/C13H17ClO2S/c1-10(8-14)9-16-17-12-6-2-4-11-5-3-7-15-13(11)12/h2,4,6,10H,3,5,7-9H2,1H3. The van der Waals surface area contributed by atoms with Gasteiger partial charge in [0.15, 0.2) is 0 Å². The molecular formula is C13H17ClO2S. The summed E-state index contributed by atoms with van der Waals surface area (Å²) >= 11 is 7.13. The lowest BCUT2D eigenvalue weighted by Crippen LogP contribution is -2.09. The summed E-state index contributed by atoms with van der Waals surface area (Å²) in [5.41, 5.74) is 1.29. The molecule has 0 N–H and O–H groups in total. The van der Waals surface area contributed by atoms with Crippen LogP contribution in [0, 0.1) is 5.92 Å². The van der Waals surface area contributed by atoms with Gasteiger partial charge in [0, 0.05) is 17.9 Å². The first kappa shape index (κ1) is 13.1. The van der Waals surface area contributed by atoms with Crippen LogP contribution in [-0.4, -0.2) is 19.1 Å². The van der Waals surface area contributed by atoms with E-state index in [0.717, 1.165) is 30.1 Å². The van der Waals surface area contributed by atoms with Crippen molar-refractivity contribution in [2.24, 2.45) is 5.92 Å². The summed E-state index contributed by atoms with van der Waals surface area (Å²) in [7, 11) is 0. The first-order valence-corrected chi connectivity index (χ1v) is 7.19. The van der Waals surface area contributed by atoms with Gasteiger partial charge in [-0.1, -0.05) is 19.1 Å². The molecule has 0 radical (unpaired) electrons. The van der Waals surface area contributed by atoms with Crippen LogP contribution in [0.4, 0.5) is 0 Å². The van der Waals surface area contributed by atoms with Gasteiger partial charge in [-0.3, -0.25) is 0 Å². The maximum Gasteiger partial charge on any atom is 0.138 e. The first-order chi connectivity index (χ1) is 8.31. The lowest BCUT2D eigenvalue weighted by Gasteiger charge is -2.19. The monoisotopic (exact) mass is 272 g/mol. The summed E-state index contributed by atoms with van der Waals surface area (Å²) in [6.45, 7) is 3.55. The normalized spacial score (nSPS) is 16.1. The summed E-state index contributed by atoms with van der Waals surface area (Å²) in [4.78, 5) is 1.07. The SMILES string of the molecule is CC(CCl)COSc1cccc2c1OCCC2. The van der Waals surface area contributed by atoms with E-state index in [2.05, 4.69) is 19.1 Å². The maximum absolute atomic E-state index is 5.74. The molecule has 1 atom stereocenters. The number of halogens is 1. The Bertz CT molecular complexity index is 370. The average molecular weight is 273 g/mol. The third kappa shape index (κ3) is 3.54. The zero-order valence-corrected chi connectivity index (χ0v) is 11.5. The van der Waals surface area contributed by atoms with Crippen molar-refractivity contribution in [3.63, 3.8) is 0 Å². The van der Waals surface area contributed by atoms with E-state index in [0.29, 0.717) is 18.4 Å². The lowest BCUT2D eigenvalue weighted by molar-refractivity contribution is 0.278. The molecule has 0 aliphatic carbocycles. The smallest absolute Gasteiger partial charge is 0.138 e. The van der Waals surface area contributed by atoms with Crippen molar-refractivity contribution in [2.75, 3.05) is 19.1 Å². The molecule has 2 rings (SSSR count). The Labute approximate surface area is 112 Å². The highest BCUT2D eigenvalue weighted by Crippen LogP contribution is 2.36. The summed E-state index contributed by atoms with van der Waals surface area (Å²) in [6, 6.07) is 6.23. The zero-order chi connectivity index (χ0) is 12.1. The van der Waals surface area contributed by atoms with Gasteiger partial charge in [0.25, 0.3) is 0 Å². The molecule has 1 aliphatic heterocycles. The molecule has 1 aromatic carbocycles. The molecule has 2 nitrogen and oxygen atoms in total. The van der Waals surface area contributed by atoms with Crippen molar-refractivity contribution in [1.82, 2.24) is 0 Å². The van der Waals surface area contributed by atoms with Crippen LogP contribution in [0.1, 0.15) is 18.9 Å². The van der Waals surface area contributed by atoms with Crippen LogP contribution in [-0.2, 0) is 10.6 Å². The Kier molecular flexibility index (Phi) is 5.01. The molecule has 0 bridgehead atoms. The number of aryl methyl sites for hydroxylation is 1. The van der Waals surface area contributed by atoms with Gasteiger partial charge < -0.3 is 8.92 Å². The van der Waals surface area contributed by atoms with Gasteiger partial charge in [0.1, 0.15) is 5.75 Å². The molecule has 1 aromatic rings. The summed E-state index contributed by atoms with van der Waals surface area (Å²) in [6.07, 6.45) is 2.20. The number of alkyl halides is 1. The van der Waals surface area contributed by atoms with Crippen LogP contribution < -0.4 is 4.74 Å². The molecule has 0 saturated heterocycles. The topological polar surface area (TPSA) is 18.5 Å². The second-order valence-electron chi connectivity index (χ2n) is 4.32. The van der Waals surface area contributed by atoms with Gasteiger partial charge in [-0.15, -0.1) is 11.6 Å². The molecule has 0 spiro atoms. The number of rotatable bonds is 5. The van der Waals surface area contributed by atoms with Crippen molar-refractivity contribution < 1.29 is 8.92 Å². The number of ether oxygens (including phenoxy) is 1. The number of fused-ring (bicyclic) bond motifs is 1. The molecule has 0 fully saturated rings. The fourth-order valence-corrected chi connectivity index (χ4v) is 2.60. The minimum atomic E-state index is 0.379. The predicted octanol–water partition coefficient (Wildman–Crippen LogP) is 3.91. The molecule has 1 heterocycles. The Balaban J connectivity index is 1.96. The molecule has 0 aromatic heterocycles. The summed E-state index contributed by atoms with van der Waals surface area (Å²) < 4.78 is 11.3. The molecule has 17 heavy (non-hydrogen) atoms. The van der Waals surface area contributed by atoms with E-state index in [9.17, 15) is 0 Å². The van der Waals surface area contributed by atoms with E-state index in [1.807, 2.05) is 6.07 Å². The highest BCUT2D eigenvalue weighted by molar-refractivity contribution is 7.94. The number of para-hydroxylation sites is 1. The highest BCUT2D eigenvalue weighted by Gasteiger charge is 2.15. The molecular weight excluding hydrogens is 256 g/mol. The molecule has 0 saturated carbocycles. The van der Waals surface area contributed by atoms with Gasteiger partial charge in [0.2, 0.25) is 0 Å². The number of hydrogen-bond acceptors (Lipinski definition) is 3. The molecule has 1 unspecified atom stereocenters. The minimum absolute atomic E-state index is 0.379. The van der Waals surface area contributed by atoms with E-state index in [4.69, 9.17) is 20.5 Å². The largest absolute Gasteiger partial charge is 0.492 e. The minimum Gasteiger partial charge on any atom is -0.492 e. The third-order valence-corrected chi connectivity index (χ3v) is 3.94. The fraction of sp³-hybridized carbons (Fsp3) is 0.538. The average Bonchev–Trinajstić information content (AvgIpc) is 2.39.